The van der Waals surface area contributed by atoms with Crippen LogP contribution in [-0.4, -0.2) is 28.1 Å². The lowest BCUT2D eigenvalue weighted by molar-refractivity contribution is -0.115. The van der Waals surface area contributed by atoms with Gasteiger partial charge in [0.05, 0.1) is 17.9 Å². The second kappa shape index (κ2) is 8.16. The number of para-hydroxylation sites is 1. The molecule has 0 atom stereocenters. The normalized spacial score (nSPS) is 12.5. The summed E-state index contributed by atoms with van der Waals surface area (Å²) in [4.78, 5) is 24.9. The van der Waals surface area contributed by atoms with Gasteiger partial charge in [-0.2, -0.15) is 5.10 Å². The number of nitrogens with zero attached hydrogens (tertiary/aromatic N) is 2. The lowest BCUT2D eigenvalue weighted by Crippen LogP contribution is -2.33. The Labute approximate surface area is 175 Å². The van der Waals surface area contributed by atoms with Crippen molar-refractivity contribution >= 4 is 33.4 Å². The number of rotatable bonds is 5. The smallest absolute Gasteiger partial charge is 0.272 e. The van der Waals surface area contributed by atoms with Gasteiger partial charge in [0, 0.05) is 15.7 Å². The minimum atomic E-state index is -0.397. The van der Waals surface area contributed by atoms with E-state index in [4.69, 9.17) is 0 Å². The Hall–Kier alpha value is -3.00. The Kier molecular flexibility index (Phi) is 5.44. The van der Waals surface area contributed by atoms with Gasteiger partial charge in [-0.25, -0.2) is 9.07 Å². The summed E-state index contributed by atoms with van der Waals surface area (Å²) in [6.45, 7) is -0.168. The Bertz CT molecular complexity index is 1080. The van der Waals surface area contributed by atoms with Crippen molar-refractivity contribution in [1.82, 2.24) is 15.1 Å². The summed E-state index contributed by atoms with van der Waals surface area (Å²) in [5.41, 5.74) is 3.50. The molecule has 1 aliphatic carbocycles. The van der Waals surface area contributed by atoms with Crippen LogP contribution in [0.4, 0.5) is 10.1 Å². The summed E-state index contributed by atoms with van der Waals surface area (Å²) in [5.74, 6) is -1.06. The van der Waals surface area contributed by atoms with E-state index in [2.05, 4.69) is 31.7 Å². The van der Waals surface area contributed by atoms with Crippen LogP contribution in [0.25, 0.3) is 5.69 Å². The number of carbonyl (C=O) groups excluding carboxylic acids is 2. The van der Waals surface area contributed by atoms with Crippen molar-refractivity contribution in [3.05, 3.63) is 75.8 Å². The van der Waals surface area contributed by atoms with Crippen molar-refractivity contribution in [2.24, 2.45) is 0 Å². The minimum absolute atomic E-state index is 0.168. The number of halogens is 2. The predicted molar refractivity (Wildman–Crippen MR) is 111 cm³/mol. The fourth-order valence-corrected chi connectivity index (χ4v) is 3.80. The molecule has 6 nitrogen and oxygen atoms in total. The second-order valence-electron chi connectivity index (χ2n) is 6.73. The van der Waals surface area contributed by atoms with E-state index < -0.39 is 5.91 Å². The van der Waals surface area contributed by atoms with E-state index in [1.165, 1.54) is 12.1 Å². The van der Waals surface area contributed by atoms with Crippen LogP contribution >= 0.6 is 15.9 Å². The second-order valence-corrected chi connectivity index (χ2v) is 7.58. The first-order valence-corrected chi connectivity index (χ1v) is 10.0. The molecule has 4 rings (SSSR count). The molecule has 2 N–H and O–H groups in total. The highest BCUT2D eigenvalue weighted by atomic mass is 79.9. The standard InChI is InChI=1S/C21H18BrFN4O2/c22-16-5-1-2-6-17(16)25-19(28)12-24-21(29)20-15-4-3-7-18(15)27(26-20)14-10-8-13(23)9-11-14/h1-2,5-6,8-11H,3-4,7,12H2,(H,24,29)(H,25,28). The average molecular weight is 457 g/mol. The van der Waals surface area contributed by atoms with Gasteiger partial charge in [0.2, 0.25) is 5.91 Å². The zero-order valence-corrected chi connectivity index (χ0v) is 17.0. The molecule has 2 amide bonds. The van der Waals surface area contributed by atoms with Gasteiger partial charge in [-0.15, -0.1) is 0 Å². The lowest BCUT2D eigenvalue weighted by atomic mass is 10.2. The van der Waals surface area contributed by atoms with Crippen LogP contribution in [0.2, 0.25) is 0 Å². The average Bonchev–Trinajstić information content (AvgIpc) is 3.31. The van der Waals surface area contributed by atoms with E-state index in [1.54, 1.807) is 22.9 Å². The van der Waals surface area contributed by atoms with Gasteiger partial charge >= 0.3 is 0 Å². The number of nitrogens with one attached hydrogen (secondary N) is 2. The number of hydrogen-bond acceptors (Lipinski definition) is 3. The molecule has 1 aromatic heterocycles. The summed E-state index contributed by atoms with van der Waals surface area (Å²) in [6.07, 6.45) is 2.48. The van der Waals surface area contributed by atoms with Gasteiger partial charge in [-0.1, -0.05) is 12.1 Å². The van der Waals surface area contributed by atoms with Crippen LogP contribution < -0.4 is 10.6 Å². The largest absolute Gasteiger partial charge is 0.342 e. The molecule has 8 heteroatoms. The minimum Gasteiger partial charge on any atom is -0.342 e. The molecule has 0 radical (unpaired) electrons. The van der Waals surface area contributed by atoms with Gasteiger partial charge in [0.1, 0.15) is 5.82 Å². The van der Waals surface area contributed by atoms with Crippen molar-refractivity contribution in [1.29, 1.82) is 0 Å². The highest BCUT2D eigenvalue weighted by Gasteiger charge is 2.27. The van der Waals surface area contributed by atoms with Crippen LogP contribution in [0.15, 0.2) is 53.0 Å². The van der Waals surface area contributed by atoms with E-state index in [-0.39, 0.29) is 18.3 Å². The molecule has 0 aliphatic heterocycles. The third-order valence-electron chi connectivity index (χ3n) is 4.77. The Morgan fingerprint density at radius 2 is 1.86 bits per heavy atom. The lowest BCUT2D eigenvalue weighted by Gasteiger charge is -2.08. The van der Waals surface area contributed by atoms with Crippen molar-refractivity contribution in [3.8, 4) is 5.69 Å². The van der Waals surface area contributed by atoms with E-state index in [0.29, 0.717) is 17.1 Å². The SMILES string of the molecule is O=C(CNC(=O)c1nn(-c2ccc(F)cc2)c2c1CCC2)Nc1ccccc1Br. The Balaban J connectivity index is 1.48. The monoisotopic (exact) mass is 456 g/mol. The van der Waals surface area contributed by atoms with Gasteiger partial charge in [0.25, 0.3) is 5.91 Å². The van der Waals surface area contributed by atoms with E-state index in [0.717, 1.165) is 35.0 Å². The van der Waals surface area contributed by atoms with Crippen LogP contribution in [0.1, 0.15) is 28.2 Å². The number of aromatic nitrogens is 2. The first kappa shape index (κ1) is 19.3. The molecule has 0 saturated heterocycles. The summed E-state index contributed by atoms with van der Waals surface area (Å²) in [6, 6.07) is 13.2. The Morgan fingerprint density at radius 1 is 1.10 bits per heavy atom. The van der Waals surface area contributed by atoms with Crippen LogP contribution in [0.3, 0.4) is 0 Å². The summed E-state index contributed by atoms with van der Waals surface area (Å²) >= 11 is 3.37. The van der Waals surface area contributed by atoms with E-state index in [9.17, 15) is 14.0 Å². The number of amides is 2. The fraction of sp³-hybridized carbons (Fsp3) is 0.190. The number of benzene rings is 2. The Morgan fingerprint density at radius 3 is 2.62 bits per heavy atom. The first-order valence-electron chi connectivity index (χ1n) is 9.22. The molecule has 1 aliphatic rings. The highest BCUT2D eigenvalue weighted by Crippen LogP contribution is 2.28. The zero-order chi connectivity index (χ0) is 20.4. The van der Waals surface area contributed by atoms with Crippen LogP contribution in [0, 0.1) is 5.82 Å². The molecular weight excluding hydrogens is 439 g/mol. The number of hydrogen-bond donors (Lipinski definition) is 2. The molecule has 0 bridgehead atoms. The fourth-order valence-electron chi connectivity index (χ4n) is 3.42. The molecule has 0 unspecified atom stereocenters. The van der Waals surface area contributed by atoms with Gasteiger partial charge < -0.3 is 10.6 Å². The van der Waals surface area contributed by atoms with Gasteiger partial charge in [-0.3, -0.25) is 9.59 Å². The number of carbonyl (C=O) groups is 2. The molecule has 3 aromatic rings. The summed E-state index contributed by atoms with van der Waals surface area (Å²) in [7, 11) is 0. The van der Waals surface area contributed by atoms with Crippen molar-refractivity contribution < 1.29 is 14.0 Å². The van der Waals surface area contributed by atoms with Crippen molar-refractivity contribution in [3.63, 3.8) is 0 Å². The quantitative estimate of drug-likeness (QED) is 0.615. The van der Waals surface area contributed by atoms with Crippen LogP contribution in [0.5, 0.6) is 0 Å². The summed E-state index contributed by atoms with van der Waals surface area (Å²) < 4.78 is 15.7. The molecule has 0 spiro atoms. The maximum atomic E-state index is 13.2. The first-order chi connectivity index (χ1) is 14.0. The molecule has 0 fully saturated rings. The molecule has 29 heavy (non-hydrogen) atoms. The van der Waals surface area contributed by atoms with Gasteiger partial charge in [-0.05, 0) is 71.6 Å². The van der Waals surface area contributed by atoms with Crippen molar-refractivity contribution in [2.45, 2.75) is 19.3 Å². The molecule has 1 heterocycles. The molecule has 0 saturated carbocycles. The third kappa shape index (κ3) is 4.07. The third-order valence-corrected chi connectivity index (χ3v) is 5.47. The number of fused-ring (bicyclic) bond motifs is 1. The molecule has 2 aromatic carbocycles. The van der Waals surface area contributed by atoms with E-state index in [1.807, 2.05) is 18.2 Å². The zero-order valence-electron chi connectivity index (χ0n) is 15.4. The topological polar surface area (TPSA) is 76.0 Å². The highest BCUT2D eigenvalue weighted by molar-refractivity contribution is 9.10. The summed E-state index contributed by atoms with van der Waals surface area (Å²) in [5, 5.41) is 9.83. The number of anilines is 1. The van der Waals surface area contributed by atoms with Gasteiger partial charge in [0.15, 0.2) is 5.69 Å². The van der Waals surface area contributed by atoms with Crippen molar-refractivity contribution in [2.75, 3.05) is 11.9 Å². The maximum Gasteiger partial charge on any atom is 0.272 e. The van der Waals surface area contributed by atoms with Crippen LogP contribution in [-0.2, 0) is 17.6 Å². The maximum absolute atomic E-state index is 13.2. The molecule has 148 valence electrons. The predicted octanol–water partition coefficient (Wildman–Crippen LogP) is 3.63. The van der Waals surface area contributed by atoms with E-state index >= 15 is 0 Å². The molecular formula is C21H18BrFN4O2.